The maximum atomic E-state index is 12.5. The van der Waals surface area contributed by atoms with Gasteiger partial charge in [-0.05, 0) is 39.2 Å². The standard InChI is InChI=1S/C17H21N5O2S3/c1-8-9(2)25-15-12(8)14(23)19-13(20-15)10(3)26-17-22-21-16(27-17)18-7-11-5-4-6-24-11/h10-11H,4-7H2,1-3H3,(H,18,21)(H,19,20,23)/t10-,11-/m0/s1. The summed E-state index contributed by atoms with van der Waals surface area (Å²) in [7, 11) is 0. The van der Waals surface area contributed by atoms with E-state index in [0.29, 0.717) is 11.2 Å². The summed E-state index contributed by atoms with van der Waals surface area (Å²) < 4.78 is 6.45. The first-order chi connectivity index (χ1) is 13.0. The Kier molecular flexibility index (Phi) is 5.49. The summed E-state index contributed by atoms with van der Waals surface area (Å²) in [6.07, 6.45) is 2.48. The number of anilines is 1. The van der Waals surface area contributed by atoms with Gasteiger partial charge in [0.2, 0.25) is 5.13 Å². The molecular weight excluding hydrogens is 402 g/mol. The zero-order valence-corrected chi connectivity index (χ0v) is 17.8. The molecule has 1 fully saturated rings. The number of ether oxygens (including phenoxy) is 1. The van der Waals surface area contributed by atoms with Crippen LogP contribution in [0.25, 0.3) is 10.2 Å². The minimum Gasteiger partial charge on any atom is -0.376 e. The highest BCUT2D eigenvalue weighted by Gasteiger charge is 2.19. The summed E-state index contributed by atoms with van der Waals surface area (Å²) in [5.74, 6) is 0.669. The van der Waals surface area contributed by atoms with E-state index in [-0.39, 0.29) is 16.9 Å². The molecule has 0 saturated carbocycles. The Balaban J connectivity index is 1.45. The largest absolute Gasteiger partial charge is 0.376 e. The molecule has 1 saturated heterocycles. The molecule has 10 heteroatoms. The smallest absolute Gasteiger partial charge is 0.259 e. The lowest BCUT2D eigenvalue weighted by Crippen LogP contribution is -2.18. The Labute approximate surface area is 169 Å². The minimum absolute atomic E-state index is 0.0243. The van der Waals surface area contributed by atoms with Crippen LogP contribution in [-0.4, -0.2) is 39.4 Å². The molecule has 1 aliphatic rings. The van der Waals surface area contributed by atoms with Gasteiger partial charge in [-0.25, -0.2) is 4.98 Å². The molecule has 27 heavy (non-hydrogen) atoms. The molecule has 2 atom stereocenters. The number of H-pyrrole nitrogens is 1. The van der Waals surface area contributed by atoms with Gasteiger partial charge < -0.3 is 15.0 Å². The van der Waals surface area contributed by atoms with Crippen LogP contribution in [0.1, 0.15) is 41.3 Å². The topological polar surface area (TPSA) is 92.8 Å². The van der Waals surface area contributed by atoms with E-state index in [2.05, 4.69) is 25.5 Å². The normalized spacial score (nSPS) is 18.3. The predicted octanol–water partition coefficient (Wildman–Crippen LogP) is 3.90. The molecule has 3 aromatic rings. The average molecular weight is 424 g/mol. The van der Waals surface area contributed by atoms with Crippen LogP contribution in [0, 0.1) is 13.8 Å². The third kappa shape index (κ3) is 4.03. The molecule has 0 bridgehead atoms. The number of aryl methyl sites for hydroxylation is 2. The highest BCUT2D eigenvalue weighted by atomic mass is 32.2. The van der Waals surface area contributed by atoms with Gasteiger partial charge in [0.15, 0.2) is 4.34 Å². The Morgan fingerprint density at radius 3 is 3.00 bits per heavy atom. The lowest BCUT2D eigenvalue weighted by atomic mass is 10.2. The summed E-state index contributed by atoms with van der Waals surface area (Å²) in [5.41, 5.74) is 0.946. The Morgan fingerprint density at radius 1 is 1.37 bits per heavy atom. The Morgan fingerprint density at radius 2 is 2.22 bits per heavy atom. The first-order valence-corrected chi connectivity index (χ1v) is 11.4. The van der Waals surface area contributed by atoms with E-state index in [4.69, 9.17) is 4.74 Å². The van der Waals surface area contributed by atoms with Crippen molar-refractivity contribution >= 4 is 49.8 Å². The Hall–Kier alpha value is -1.49. The Bertz CT molecular complexity index is 1010. The van der Waals surface area contributed by atoms with Gasteiger partial charge in [0.25, 0.3) is 5.56 Å². The summed E-state index contributed by atoms with van der Waals surface area (Å²) >= 11 is 4.63. The zero-order chi connectivity index (χ0) is 19.0. The van der Waals surface area contributed by atoms with E-state index in [0.717, 1.165) is 50.7 Å². The molecule has 0 spiro atoms. The van der Waals surface area contributed by atoms with E-state index in [1.807, 2.05) is 20.8 Å². The number of nitrogens with zero attached hydrogens (tertiary/aromatic N) is 3. The lowest BCUT2D eigenvalue weighted by Gasteiger charge is -2.09. The number of hydrogen-bond acceptors (Lipinski definition) is 9. The van der Waals surface area contributed by atoms with Gasteiger partial charge in [-0.15, -0.1) is 21.5 Å². The van der Waals surface area contributed by atoms with Crippen molar-refractivity contribution in [1.29, 1.82) is 0 Å². The van der Waals surface area contributed by atoms with Crippen molar-refractivity contribution in [3.05, 3.63) is 26.6 Å². The van der Waals surface area contributed by atoms with Crippen molar-refractivity contribution < 1.29 is 4.74 Å². The van der Waals surface area contributed by atoms with Crippen LogP contribution in [0.5, 0.6) is 0 Å². The van der Waals surface area contributed by atoms with Crippen LogP contribution in [0.3, 0.4) is 0 Å². The van der Waals surface area contributed by atoms with Gasteiger partial charge in [-0.2, -0.15) is 0 Å². The fourth-order valence-electron chi connectivity index (χ4n) is 3.01. The average Bonchev–Trinajstić information content (AvgIpc) is 3.35. The van der Waals surface area contributed by atoms with Crippen molar-refractivity contribution in [2.75, 3.05) is 18.5 Å². The quantitative estimate of drug-likeness (QED) is 0.581. The maximum Gasteiger partial charge on any atom is 0.259 e. The monoisotopic (exact) mass is 423 g/mol. The van der Waals surface area contributed by atoms with Crippen molar-refractivity contribution in [2.45, 2.75) is 49.3 Å². The van der Waals surface area contributed by atoms with Crippen molar-refractivity contribution in [3.8, 4) is 0 Å². The number of rotatable bonds is 6. The van der Waals surface area contributed by atoms with Crippen molar-refractivity contribution in [3.63, 3.8) is 0 Å². The van der Waals surface area contributed by atoms with E-state index >= 15 is 0 Å². The van der Waals surface area contributed by atoms with Gasteiger partial charge >= 0.3 is 0 Å². The third-order valence-corrected chi connectivity index (χ3v) is 7.81. The van der Waals surface area contributed by atoms with E-state index < -0.39 is 0 Å². The molecule has 144 valence electrons. The number of thioether (sulfide) groups is 1. The first kappa shape index (κ1) is 18.9. The van der Waals surface area contributed by atoms with Gasteiger partial charge in [0.1, 0.15) is 10.7 Å². The summed E-state index contributed by atoms with van der Waals surface area (Å²) in [6.45, 7) is 7.61. The highest BCUT2D eigenvalue weighted by molar-refractivity contribution is 8.01. The van der Waals surface area contributed by atoms with Gasteiger partial charge in [0, 0.05) is 18.0 Å². The molecule has 0 amide bonds. The van der Waals surface area contributed by atoms with E-state index in [1.54, 1.807) is 23.1 Å². The summed E-state index contributed by atoms with van der Waals surface area (Å²) in [5, 5.41) is 13.2. The fraction of sp³-hybridized carbons (Fsp3) is 0.529. The van der Waals surface area contributed by atoms with Gasteiger partial charge in [0.05, 0.1) is 16.7 Å². The fourth-order valence-corrected chi connectivity index (χ4v) is 6.00. The van der Waals surface area contributed by atoms with Gasteiger partial charge in [-0.3, -0.25) is 4.79 Å². The number of hydrogen-bond donors (Lipinski definition) is 2. The van der Waals surface area contributed by atoms with Crippen LogP contribution in [0.15, 0.2) is 9.13 Å². The second kappa shape index (κ2) is 7.86. The van der Waals surface area contributed by atoms with Crippen LogP contribution < -0.4 is 10.9 Å². The first-order valence-electron chi connectivity index (χ1n) is 8.87. The summed E-state index contributed by atoms with van der Waals surface area (Å²) in [6, 6.07) is 0. The number of fused-ring (bicyclic) bond motifs is 1. The minimum atomic E-state index is -0.0690. The number of aromatic nitrogens is 4. The molecule has 0 unspecified atom stereocenters. The van der Waals surface area contributed by atoms with Crippen LogP contribution in [-0.2, 0) is 4.74 Å². The summed E-state index contributed by atoms with van der Waals surface area (Å²) in [4.78, 5) is 22.0. The second-order valence-electron chi connectivity index (χ2n) is 6.56. The number of nitrogens with one attached hydrogen (secondary N) is 2. The van der Waals surface area contributed by atoms with E-state index in [9.17, 15) is 4.79 Å². The molecule has 0 aliphatic carbocycles. The van der Waals surface area contributed by atoms with Crippen LogP contribution in [0.4, 0.5) is 5.13 Å². The van der Waals surface area contributed by atoms with Crippen LogP contribution >= 0.6 is 34.4 Å². The molecular formula is C17H21N5O2S3. The molecule has 4 rings (SSSR count). The molecule has 2 N–H and O–H groups in total. The SMILES string of the molecule is Cc1sc2nc([C@H](C)Sc3nnc(NC[C@@H]4CCCO4)s3)[nH]c(=O)c2c1C. The number of thiophene rings is 1. The van der Waals surface area contributed by atoms with E-state index in [1.165, 1.54) is 11.3 Å². The molecule has 1 aliphatic heterocycles. The van der Waals surface area contributed by atoms with Crippen molar-refractivity contribution in [1.82, 2.24) is 20.2 Å². The molecule has 7 nitrogen and oxygen atoms in total. The highest BCUT2D eigenvalue weighted by Crippen LogP contribution is 2.37. The predicted molar refractivity (Wildman–Crippen MR) is 111 cm³/mol. The van der Waals surface area contributed by atoms with Crippen molar-refractivity contribution in [2.24, 2.45) is 0 Å². The molecule has 0 radical (unpaired) electrons. The van der Waals surface area contributed by atoms with Gasteiger partial charge in [-0.1, -0.05) is 23.1 Å². The molecule has 0 aromatic carbocycles. The number of aromatic amines is 1. The third-order valence-electron chi connectivity index (χ3n) is 4.63. The molecule has 3 aromatic heterocycles. The van der Waals surface area contributed by atoms with Crippen LogP contribution in [0.2, 0.25) is 0 Å². The zero-order valence-electron chi connectivity index (χ0n) is 15.4. The lowest BCUT2D eigenvalue weighted by molar-refractivity contribution is 0.120. The second-order valence-corrected chi connectivity index (χ2v) is 10.3. The maximum absolute atomic E-state index is 12.5. The molecule has 4 heterocycles.